The van der Waals surface area contributed by atoms with E-state index in [1.807, 2.05) is 19.2 Å². The smallest absolute Gasteiger partial charge is 0.0865 e. The van der Waals surface area contributed by atoms with Gasteiger partial charge in [0.25, 0.3) is 0 Å². The number of nitrogens with zero attached hydrogens (tertiary/aromatic N) is 3. The SMILES string of the molecule is Cc1cnn(CC(O)CC#N)c1. The number of hydrogen-bond donors (Lipinski definition) is 1. The van der Waals surface area contributed by atoms with E-state index in [0.29, 0.717) is 6.54 Å². The van der Waals surface area contributed by atoms with Crippen LogP contribution in [0, 0.1) is 18.3 Å². The summed E-state index contributed by atoms with van der Waals surface area (Å²) in [5.41, 5.74) is 1.05. The molecule has 0 saturated carbocycles. The van der Waals surface area contributed by atoms with E-state index in [4.69, 9.17) is 5.26 Å². The normalized spacial score (nSPS) is 12.4. The van der Waals surface area contributed by atoms with Gasteiger partial charge >= 0.3 is 0 Å². The zero-order valence-corrected chi connectivity index (χ0v) is 6.94. The van der Waals surface area contributed by atoms with Gasteiger partial charge in [0, 0.05) is 6.20 Å². The Balaban J connectivity index is 2.47. The molecule has 1 aromatic heterocycles. The van der Waals surface area contributed by atoms with E-state index in [1.165, 1.54) is 0 Å². The average molecular weight is 165 g/mol. The van der Waals surface area contributed by atoms with E-state index in [0.717, 1.165) is 5.56 Å². The minimum Gasteiger partial charge on any atom is -0.390 e. The van der Waals surface area contributed by atoms with Crippen LogP contribution in [0.1, 0.15) is 12.0 Å². The van der Waals surface area contributed by atoms with Crippen molar-refractivity contribution < 1.29 is 5.11 Å². The number of aliphatic hydroxyl groups is 1. The fourth-order valence-electron chi connectivity index (χ4n) is 0.953. The molecule has 0 spiro atoms. The van der Waals surface area contributed by atoms with E-state index >= 15 is 0 Å². The van der Waals surface area contributed by atoms with Crippen molar-refractivity contribution in [3.05, 3.63) is 18.0 Å². The van der Waals surface area contributed by atoms with Gasteiger partial charge in [-0.3, -0.25) is 4.68 Å². The van der Waals surface area contributed by atoms with Gasteiger partial charge in [-0.1, -0.05) is 0 Å². The van der Waals surface area contributed by atoms with Gasteiger partial charge in [-0.15, -0.1) is 0 Å². The molecule has 1 rings (SSSR count). The number of aryl methyl sites for hydroxylation is 1. The molecular formula is C8H11N3O. The topological polar surface area (TPSA) is 61.8 Å². The van der Waals surface area contributed by atoms with Gasteiger partial charge in [-0.05, 0) is 12.5 Å². The van der Waals surface area contributed by atoms with Gasteiger partial charge in [0.2, 0.25) is 0 Å². The molecule has 0 saturated heterocycles. The molecule has 0 aromatic carbocycles. The predicted molar refractivity (Wildman–Crippen MR) is 43.2 cm³/mol. The van der Waals surface area contributed by atoms with Crippen LogP contribution in [0.2, 0.25) is 0 Å². The van der Waals surface area contributed by atoms with Crippen LogP contribution in [0.15, 0.2) is 12.4 Å². The molecule has 0 aliphatic rings. The van der Waals surface area contributed by atoms with E-state index in [1.54, 1.807) is 10.9 Å². The number of hydrogen-bond acceptors (Lipinski definition) is 3. The van der Waals surface area contributed by atoms with Gasteiger partial charge in [0.1, 0.15) is 0 Å². The molecule has 12 heavy (non-hydrogen) atoms. The molecule has 4 nitrogen and oxygen atoms in total. The zero-order chi connectivity index (χ0) is 8.97. The van der Waals surface area contributed by atoms with Crippen molar-refractivity contribution in [1.29, 1.82) is 5.26 Å². The molecule has 0 aliphatic heterocycles. The highest BCUT2D eigenvalue weighted by molar-refractivity contribution is 4.99. The van der Waals surface area contributed by atoms with Crippen LogP contribution in [0.4, 0.5) is 0 Å². The molecule has 0 fully saturated rings. The number of nitriles is 1. The number of aliphatic hydroxyl groups excluding tert-OH is 1. The maximum Gasteiger partial charge on any atom is 0.0865 e. The molecule has 0 aliphatic carbocycles. The van der Waals surface area contributed by atoms with Crippen LogP contribution in [0.25, 0.3) is 0 Å². The van der Waals surface area contributed by atoms with Crippen molar-refractivity contribution in [3.8, 4) is 6.07 Å². The summed E-state index contributed by atoms with van der Waals surface area (Å²) in [5.74, 6) is 0. The highest BCUT2D eigenvalue weighted by Gasteiger charge is 2.04. The second-order valence-corrected chi connectivity index (χ2v) is 2.76. The van der Waals surface area contributed by atoms with Crippen molar-refractivity contribution in [2.75, 3.05) is 0 Å². The second kappa shape index (κ2) is 3.88. The fraction of sp³-hybridized carbons (Fsp3) is 0.500. The molecule has 4 heteroatoms. The molecular weight excluding hydrogens is 154 g/mol. The summed E-state index contributed by atoms with van der Waals surface area (Å²) >= 11 is 0. The Kier molecular flexibility index (Phi) is 2.83. The average Bonchev–Trinajstić information content (AvgIpc) is 2.36. The number of aromatic nitrogens is 2. The van der Waals surface area contributed by atoms with Crippen LogP contribution in [-0.2, 0) is 6.54 Å². The lowest BCUT2D eigenvalue weighted by Crippen LogP contribution is -2.15. The highest BCUT2D eigenvalue weighted by atomic mass is 16.3. The first-order chi connectivity index (χ1) is 5.72. The van der Waals surface area contributed by atoms with Crippen LogP contribution in [0.5, 0.6) is 0 Å². The Morgan fingerprint density at radius 1 is 1.83 bits per heavy atom. The lowest BCUT2D eigenvalue weighted by atomic mass is 10.3. The van der Waals surface area contributed by atoms with Gasteiger partial charge in [0.05, 0.1) is 31.3 Å². The molecule has 0 bridgehead atoms. The Hall–Kier alpha value is -1.34. The molecule has 0 amide bonds. The van der Waals surface area contributed by atoms with Gasteiger partial charge in [-0.2, -0.15) is 10.4 Å². The number of rotatable bonds is 3. The van der Waals surface area contributed by atoms with E-state index in [9.17, 15) is 5.11 Å². The van der Waals surface area contributed by atoms with E-state index in [-0.39, 0.29) is 6.42 Å². The Morgan fingerprint density at radius 3 is 3.08 bits per heavy atom. The third-order valence-electron chi connectivity index (χ3n) is 1.49. The van der Waals surface area contributed by atoms with Gasteiger partial charge in [-0.25, -0.2) is 0 Å². The molecule has 1 N–H and O–H groups in total. The van der Waals surface area contributed by atoms with Crippen LogP contribution < -0.4 is 0 Å². The van der Waals surface area contributed by atoms with Crippen molar-refractivity contribution in [3.63, 3.8) is 0 Å². The van der Waals surface area contributed by atoms with Crippen LogP contribution in [-0.4, -0.2) is 21.0 Å². The second-order valence-electron chi connectivity index (χ2n) is 2.76. The summed E-state index contributed by atoms with van der Waals surface area (Å²) in [6.07, 6.45) is 3.09. The molecule has 64 valence electrons. The summed E-state index contributed by atoms with van der Waals surface area (Å²) in [5, 5.41) is 21.5. The molecule has 1 heterocycles. The molecule has 1 atom stereocenters. The largest absolute Gasteiger partial charge is 0.390 e. The minimum atomic E-state index is -0.616. The predicted octanol–water partition coefficient (Wildman–Crippen LogP) is 0.466. The Bertz CT molecular complexity index is 287. The Morgan fingerprint density at radius 2 is 2.58 bits per heavy atom. The van der Waals surface area contributed by atoms with E-state index in [2.05, 4.69) is 5.10 Å². The monoisotopic (exact) mass is 165 g/mol. The van der Waals surface area contributed by atoms with Gasteiger partial charge < -0.3 is 5.11 Å². The summed E-state index contributed by atoms with van der Waals surface area (Å²) in [4.78, 5) is 0. The van der Waals surface area contributed by atoms with E-state index < -0.39 is 6.10 Å². The standard InChI is InChI=1S/C8H11N3O/c1-7-4-10-11(5-7)6-8(12)2-3-9/h4-5,8,12H,2,6H2,1H3. The van der Waals surface area contributed by atoms with Crippen LogP contribution in [0.3, 0.4) is 0 Å². The maximum absolute atomic E-state index is 9.23. The van der Waals surface area contributed by atoms with Gasteiger partial charge in [0.15, 0.2) is 0 Å². The van der Waals surface area contributed by atoms with Crippen LogP contribution >= 0.6 is 0 Å². The van der Waals surface area contributed by atoms with Crippen molar-refractivity contribution in [2.24, 2.45) is 0 Å². The highest BCUT2D eigenvalue weighted by Crippen LogP contribution is 1.98. The first-order valence-electron chi connectivity index (χ1n) is 3.76. The molecule has 0 radical (unpaired) electrons. The molecule has 1 unspecified atom stereocenters. The van der Waals surface area contributed by atoms with Crippen molar-refractivity contribution in [2.45, 2.75) is 26.0 Å². The molecule has 1 aromatic rings. The summed E-state index contributed by atoms with van der Waals surface area (Å²) in [6, 6.07) is 1.90. The summed E-state index contributed by atoms with van der Waals surface area (Å²) < 4.78 is 1.64. The zero-order valence-electron chi connectivity index (χ0n) is 6.94. The lowest BCUT2D eigenvalue weighted by molar-refractivity contribution is 0.154. The van der Waals surface area contributed by atoms with Crippen molar-refractivity contribution in [1.82, 2.24) is 9.78 Å². The summed E-state index contributed by atoms with van der Waals surface area (Å²) in [6.45, 7) is 2.32. The maximum atomic E-state index is 9.23. The summed E-state index contributed by atoms with van der Waals surface area (Å²) in [7, 11) is 0. The fourth-order valence-corrected chi connectivity index (χ4v) is 0.953. The third-order valence-corrected chi connectivity index (χ3v) is 1.49. The minimum absolute atomic E-state index is 0.152. The quantitative estimate of drug-likeness (QED) is 0.708. The third kappa shape index (κ3) is 2.36. The van der Waals surface area contributed by atoms with Crippen molar-refractivity contribution >= 4 is 0 Å². The lowest BCUT2D eigenvalue weighted by Gasteiger charge is -2.05. The Labute approximate surface area is 71.1 Å². The first kappa shape index (κ1) is 8.75. The first-order valence-corrected chi connectivity index (χ1v) is 3.76.